The number of ether oxygens (including phenoxy) is 3. The van der Waals surface area contributed by atoms with Gasteiger partial charge in [0.1, 0.15) is 0 Å². The quantitative estimate of drug-likeness (QED) is 0.647. The lowest BCUT2D eigenvalue weighted by Crippen LogP contribution is -2.05. The van der Waals surface area contributed by atoms with Crippen LogP contribution in [0.25, 0.3) is 0 Å². The van der Waals surface area contributed by atoms with E-state index >= 15 is 0 Å². The van der Waals surface area contributed by atoms with Crippen molar-refractivity contribution < 1.29 is 14.2 Å². The molecule has 0 aliphatic rings. The van der Waals surface area contributed by atoms with Crippen molar-refractivity contribution >= 4 is 0 Å². The molecule has 0 radical (unpaired) electrons. The van der Waals surface area contributed by atoms with Crippen molar-refractivity contribution in [3.63, 3.8) is 0 Å². The molecule has 0 fully saturated rings. The summed E-state index contributed by atoms with van der Waals surface area (Å²) in [7, 11) is 4.62. The summed E-state index contributed by atoms with van der Waals surface area (Å²) in [4.78, 5) is 7.84. The lowest BCUT2D eigenvalue weighted by atomic mass is 10.3. The number of nitrogens with zero attached hydrogens (tertiary/aromatic N) is 2. The molecule has 0 saturated heterocycles. The normalized spacial score (nSPS) is 10.5. The third-order valence-electron chi connectivity index (χ3n) is 1.53. The fourth-order valence-electron chi connectivity index (χ4n) is 0.922. The first-order valence-electron chi connectivity index (χ1n) is 3.73. The summed E-state index contributed by atoms with van der Waals surface area (Å²) >= 11 is 0. The van der Waals surface area contributed by atoms with Crippen molar-refractivity contribution in [3.8, 4) is 6.01 Å². The largest absolute Gasteiger partial charge is 0.467 e. The van der Waals surface area contributed by atoms with Crippen LogP contribution in [0.4, 0.5) is 0 Å². The molecule has 0 bridgehead atoms. The minimum absolute atomic E-state index is 0.328. The maximum atomic E-state index is 5.02. The molecule has 5 heteroatoms. The molecule has 0 amide bonds. The van der Waals surface area contributed by atoms with Gasteiger partial charge in [-0.25, -0.2) is 9.97 Å². The molecular formula is C8H12N2O3. The summed E-state index contributed by atoms with van der Waals surface area (Å²) < 4.78 is 14.8. The van der Waals surface area contributed by atoms with Crippen LogP contribution in [0.3, 0.4) is 0 Å². The summed E-state index contributed by atoms with van der Waals surface area (Å²) in [5, 5.41) is 0. The Morgan fingerprint density at radius 3 is 2.00 bits per heavy atom. The fraction of sp³-hybridized carbons (Fsp3) is 0.500. The zero-order chi connectivity index (χ0) is 9.68. The molecule has 1 aromatic heterocycles. The summed E-state index contributed by atoms with van der Waals surface area (Å²) in [5.74, 6) is 0. The zero-order valence-electron chi connectivity index (χ0n) is 7.85. The van der Waals surface area contributed by atoms with E-state index in [-0.39, 0.29) is 0 Å². The maximum absolute atomic E-state index is 5.02. The first-order chi connectivity index (χ1) is 6.31. The van der Waals surface area contributed by atoms with Gasteiger partial charge in [0.2, 0.25) is 0 Å². The van der Waals surface area contributed by atoms with E-state index in [1.54, 1.807) is 26.6 Å². The molecule has 0 atom stereocenters. The Balaban J connectivity index is 2.78. The average molecular weight is 184 g/mol. The van der Waals surface area contributed by atoms with Crippen molar-refractivity contribution in [2.45, 2.75) is 6.29 Å². The van der Waals surface area contributed by atoms with Gasteiger partial charge in [-0.2, -0.15) is 0 Å². The summed E-state index contributed by atoms with van der Waals surface area (Å²) in [5.41, 5.74) is 0.755. The first-order valence-corrected chi connectivity index (χ1v) is 3.73. The van der Waals surface area contributed by atoms with Crippen LogP contribution >= 0.6 is 0 Å². The van der Waals surface area contributed by atoms with E-state index in [1.807, 2.05) is 0 Å². The molecule has 0 saturated carbocycles. The molecule has 1 heterocycles. The second-order valence-electron chi connectivity index (χ2n) is 2.31. The summed E-state index contributed by atoms with van der Waals surface area (Å²) in [6.45, 7) is 0. The van der Waals surface area contributed by atoms with Crippen LogP contribution in [0.2, 0.25) is 0 Å². The highest BCUT2D eigenvalue weighted by atomic mass is 16.7. The van der Waals surface area contributed by atoms with E-state index in [0.717, 1.165) is 5.56 Å². The Bertz CT molecular complexity index is 246. The van der Waals surface area contributed by atoms with Gasteiger partial charge < -0.3 is 14.2 Å². The molecular weight excluding hydrogens is 172 g/mol. The van der Waals surface area contributed by atoms with E-state index in [0.29, 0.717) is 6.01 Å². The van der Waals surface area contributed by atoms with Gasteiger partial charge in [-0.1, -0.05) is 0 Å². The smallest absolute Gasteiger partial charge is 0.316 e. The molecule has 0 aliphatic carbocycles. The zero-order valence-corrected chi connectivity index (χ0v) is 7.85. The number of methoxy groups -OCH3 is 3. The van der Waals surface area contributed by atoms with Gasteiger partial charge in [0.05, 0.1) is 7.11 Å². The van der Waals surface area contributed by atoms with Gasteiger partial charge in [-0.3, -0.25) is 0 Å². The third kappa shape index (κ3) is 2.37. The van der Waals surface area contributed by atoms with Crippen LogP contribution in [-0.2, 0) is 9.47 Å². The van der Waals surface area contributed by atoms with Crippen molar-refractivity contribution in [2.75, 3.05) is 21.3 Å². The van der Waals surface area contributed by atoms with Crippen LogP contribution in [0.5, 0.6) is 6.01 Å². The molecule has 1 aromatic rings. The van der Waals surface area contributed by atoms with Crippen LogP contribution in [0, 0.1) is 0 Å². The Hall–Kier alpha value is -1.20. The van der Waals surface area contributed by atoms with Crippen molar-refractivity contribution in [1.29, 1.82) is 0 Å². The van der Waals surface area contributed by atoms with E-state index < -0.39 is 6.29 Å². The molecule has 0 aliphatic heterocycles. The van der Waals surface area contributed by atoms with Gasteiger partial charge in [-0.05, 0) is 0 Å². The molecule has 0 spiro atoms. The van der Waals surface area contributed by atoms with E-state index in [1.165, 1.54) is 7.11 Å². The molecule has 0 unspecified atom stereocenters. The Labute approximate surface area is 76.7 Å². The number of hydrogen-bond acceptors (Lipinski definition) is 5. The summed E-state index contributed by atoms with van der Waals surface area (Å²) in [6, 6.07) is 0.328. The summed E-state index contributed by atoms with van der Waals surface area (Å²) in [6.07, 6.45) is 2.78. The highest BCUT2D eigenvalue weighted by molar-refractivity contribution is 5.08. The minimum Gasteiger partial charge on any atom is -0.467 e. The van der Waals surface area contributed by atoms with Crippen LogP contribution in [0.1, 0.15) is 11.9 Å². The highest BCUT2D eigenvalue weighted by Crippen LogP contribution is 2.15. The molecule has 5 nitrogen and oxygen atoms in total. The van der Waals surface area contributed by atoms with Crippen LogP contribution in [0.15, 0.2) is 12.4 Å². The van der Waals surface area contributed by atoms with Crippen molar-refractivity contribution in [3.05, 3.63) is 18.0 Å². The average Bonchev–Trinajstić information content (AvgIpc) is 2.21. The van der Waals surface area contributed by atoms with Crippen molar-refractivity contribution in [1.82, 2.24) is 9.97 Å². The number of hydrogen-bond donors (Lipinski definition) is 0. The number of rotatable bonds is 4. The van der Waals surface area contributed by atoms with Gasteiger partial charge >= 0.3 is 6.01 Å². The van der Waals surface area contributed by atoms with Crippen LogP contribution in [-0.4, -0.2) is 31.3 Å². The Morgan fingerprint density at radius 2 is 1.62 bits per heavy atom. The lowest BCUT2D eigenvalue weighted by molar-refractivity contribution is -0.106. The maximum Gasteiger partial charge on any atom is 0.316 e. The topological polar surface area (TPSA) is 53.5 Å². The van der Waals surface area contributed by atoms with E-state index in [4.69, 9.17) is 14.2 Å². The monoisotopic (exact) mass is 184 g/mol. The SMILES string of the molecule is COc1ncc(C(OC)OC)cn1. The predicted octanol–water partition coefficient (Wildman–Crippen LogP) is 0.777. The predicted molar refractivity (Wildman–Crippen MR) is 45.3 cm³/mol. The third-order valence-corrected chi connectivity index (χ3v) is 1.53. The molecule has 0 N–H and O–H groups in total. The number of aromatic nitrogens is 2. The molecule has 13 heavy (non-hydrogen) atoms. The Kier molecular flexibility index (Phi) is 3.60. The Morgan fingerprint density at radius 1 is 1.08 bits per heavy atom. The van der Waals surface area contributed by atoms with Gasteiger partial charge in [0.15, 0.2) is 6.29 Å². The van der Waals surface area contributed by atoms with Gasteiger partial charge in [0, 0.05) is 32.2 Å². The second-order valence-corrected chi connectivity index (χ2v) is 2.31. The second kappa shape index (κ2) is 4.74. The molecule has 72 valence electrons. The molecule has 1 rings (SSSR count). The fourth-order valence-corrected chi connectivity index (χ4v) is 0.922. The van der Waals surface area contributed by atoms with Gasteiger partial charge in [-0.15, -0.1) is 0 Å². The van der Waals surface area contributed by atoms with E-state index in [9.17, 15) is 0 Å². The van der Waals surface area contributed by atoms with E-state index in [2.05, 4.69) is 9.97 Å². The van der Waals surface area contributed by atoms with Crippen molar-refractivity contribution in [2.24, 2.45) is 0 Å². The van der Waals surface area contributed by atoms with Crippen LogP contribution < -0.4 is 4.74 Å². The first kappa shape index (κ1) is 9.88. The lowest BCUT2D eigenvalue weighted by Gasteiger charge is -2.12. The standard InChI is InChI=1S/C8H12N2O3/c1-11-7(12-2)6-4-9-8(13-3)10-5-6/h4-5,7H,1-3H3. The van der Waals surface area contributed by atoms with Gasteiger partial charge in [0.25, 0.3) is 0 Å². The minimum atomic E-state index is -0.425. The molecule has 0 aromatic carbocycles. The highest BCUT2D eigenvalue weighted by Gasteiger charge is 2.09.